The summed E-state index contributed by atoms with van der Waals surface area (Å²) in [5, 5.41) is 18.2. The molecule has 0 radical (unpaired) electrons. The van der Waals surface area contributed by atoms with E-state index in [0.717, 1.165) is 4.90 Å². The topological polar surface area (TPSA) is 94.9 Å². The molecule has 0 spiro atoms. The van der Waals surface area contributed by atoms with E-state index in [2.05, 4.69) is 0 Å². The molecule has 0 fully saturated rings. The van der Waals surface area contributed by atoms with E-state index in [4.69, 9.17) is 5.11 Å². The van der Waals surface area contributed by atoms with Crippen molar-refractivity contribution < 1.29 is 24.6 Å². The van der Waals surface area contributed by atoms with E-state index < -0.39 is 17.8 Å². The lowest BCUT2D eigenvalue weighted by molar-refractivity contribution is 0.0696. The second-order valence-corrected chi connectivity index (χ2v) is 4.53. The molecule has 0 atom stereocenters. The number of carboxylic acids is 1. The first-order valence-electron chi connectivity index (χ1n) is 6.04. The third kappa shape index (κ3) is 1.93. The number of phenolic OH excluding ortho intramolecular Hbond substituents is 1. The molecule has 0 saturated carbocycles. The maximum atomic E-state index is 12.3. The average molecular weight is 283 g/mol. The van der Waals surface area contributed by atoms with Crippen molar-refractivity contribution in [2.24, 2.45) is 0 Å². The fourth-order valence-corrected chi connectivity index (χ4v) is 2.21. The van der Waals surface area contributed by atoms with Gasteiger partial charge in [0.25, 0.3) is 11.8 Å². The van der Waals surface area contributed by atoms with Gasteiger partial charge in [0, 0.05) is 0 Å². The second-order valence-electron chi connectivity index (χ2n) is 4.53. The minimum atomic E-state index is -1.17. The molecule has 2 aromatic rings. The molecule has 2 aromatic carbocycles. The van der Waals surface area contributed by atoms with Crippen LogP contribution in [0.15, 0.2) is 42.5 Å². The van der Waals surface area contributed by atoms with Crippen molar-refractivity contribution in [2.75, 3.05) is 4.90 Å². The van der Waals surface area contributed by atoms with Gasteiger partial charge in [0.2, 0.25) is 0 Å². The Labute approximate surface area is 118 Å². The minimum absolute atomic E-state index is 0.0172. The lowest BCUT2D eigenvalue weighted by atomic mass is 10.1. The number of aromatic carboxylic acids is 1. The smallest absolute Gasteiger partial charge is 0.335 e. The number of rotatable bonds is 2. The molecule has 21 heavy (non-hydrogen) atoms. The summed E-state index contributed by atoms with van der Waals surface area (Å²) < 4.78 is 0. The fourth-order valence-electron chi connectivity index (χ4n) is 2.21. The second kappa shape index (κ2) is 4.45. The third-order valence-corrected chi connectivity index (χ3v) is 3.24. The first-order chi connectivity index (χ1) is 9.99. The molecule has 0 unspecified atom stereocenters. The Balaban J connectivity index is 2.08. The quantitative estimate of drug-likeness (QED) is 0.821. The molecular formula is C15H9NO5. The number of carbonyl (C=O) groups excluding carboxylic acids is 2. The Bertz CT molecular complexity index is 779. The van der Waals surface area contributed by atoms with Crippen molar-refractivity contribution in [3.63, 3.8) is 0 Å². The summed E-state index contributed by atoms with van der Waals surface area (Å²) in [6, 6.07) is 9.41. The van der Waals surface area contributed by atoms with Gasteiger partial charge in [-0.05, 0) is 42.5 Å². The number of hydrogen-bond donors (Lipinski definition) is 2. The predicted octanol–water partition coefficient (Wildman–Crippen LogP) is 1.89. The van der Waals surface area contributed by atoms with E-state index in [-0.39, 0.29) is 22.4 Å². The first kappa shape index (κ1) is 12.9. The third-order valence-electron chi connectivity index (χ3n) is 3.24. The van der Waals surface area contributed by atoms with Crippen LogP contribution in [0.1, 0.15) is 31.1 Å². The molecule has 1 aliphatic rings. The van der Waals surface area contributed by atoms with Gasteiger partial charge < -0.3 is 10.2 Å². The summed E-state index contributed by atoms with van der Waals surface area (Å²) in [6.45, 7) is 0. The molecule has 3 rings (SSSR count). The van der Waals surface area contributed by atoms with Crippen LogP contribution in [0.4, 0.5) is 5.69 Å². The zero-order valence-corrected chi connectivity index (χ0v) is 10.6. The van der Waals surface area contributed by atoms with Gasteiger partial charge in [-0.1, -0.05) is 0 Å². The Kier molecular flexibility index (Phi) is 2.72. The Morgan fingerprint density at radius 3 is 2.14 bits per heavy atom. The van der Waals surface area contributed by atoms with Crippen molar-refractivity contribution in [3.8, 4) is 5.75 Å². The molecular weight excluding hydrogens is 274 g/mol. The standard InChI is InChI=1S/C15H9NO5/c17-10-4-2-9(3-5-10)16-13(18)11-6-1-8(15(20)21)7-12(11)14(16)19/h1-7,17H,(H,20,21). The Hall–Kier alpha value is -3.15. The summed E-state index contributed by atoms with van der Waals surface area (Å²) in [5.41, 5.74) is 0.490. The van der Waals surface area contributed by atoms with Gasteiger partial charge >= 0.3 is 5.97 Å². The molecule has 0 aromatic heterocycles. The van der Waals surface area contributed by atoms with Crippen molar-refractivity contribution in [1.29, 1.82) is 0 Å². The summed E-state index contributed by atoms with van der Waals surface area (Å²) in [6.07, 6.45) is 0. The average Bonchev–Trinajstić information content (AvgIpc) is 2.72. The molecule has 1 aliphatic heterocycles. The molecule has 2 amide bonds. The number of anilines is 1. The van der Waals surface area contributed by atoms with E-state index in [0.29, 0.717) is 5.69 Å². The number of carbonyl (C=O) groups is 3. The number of imide groups is 1. The first-order valence-corrected chi connectivity index (χ1v) is 6.04. The molecule has 6 nitrogen and oxygen atoms in total. The monoisotopic (exact) mass is 283 g/mol. The Morgan fingerprint density at radius 2 is 1.52 bits per heavy atom. The summed E-state index contributed by atoms with van der Waals surface area (Å²) in [4.78, 5) is 36.5. The van der Waals surface area contributed by atoms with Crippen LogP contribution in [0.2, 0.25) is 0 Å². The zero-order chi connectivity index (χ0) is 15.1. The highest BCUT2D eigenvalue weighted by Crippen LogP contribution is 2.29. The zero-order valence-electron chi connectivity index (χ0n) is 10.6. The molecule has 6 heteroatoms. The van der Waals surface area contributed by atoms with Gasteiger partial charge in [-0.15, -0.1) is 0 Å². The van der Waals surface area contributed by atoms with Crippen LogP contribution in [0.25, 0.3) is 0 Å². The highest BCUT2D eigenvalue weighted by Gasteiger charge is 2.37. The van der Waals surface area contributed by atoms with E-state index >= 15 is 0 Å². The van der Waals surface area contributed by atoms with E-state index in [1.54, 1.807) is 0 Å². The summed E-state index contributed by atoms with van der Waals surface area (Å²) in [5.74, 6) is -2.24. The molecule has 1 heterocycles. The molecule has 104 valence electrons. The van der Waals surface area contributed by atoms with E-state index in [1.165, 1.54) is 42.5 Å². The van der Waals surface area contributed by atoms with Crippen molar-refractivity contribution in [2.45, 2.75) is 0 Å². The van der Waals surface area contributed by atoms with Crippen molar-refractivity contribution >= 4 is 23.5 Å². The van der Waals surface area contributed by atoms with Gasteiger partial charge in [0.05, 0.1) is 22.4 Å². The lowest BCUT2D eigenvalue weighted by Gasteiger charge is -2.13. The normalized spacial score (nSPS) is 13.4. The number of nitrogens with zero attached hydrogens (tertiary/aromatic N) is 1. The number of hydrogen-bond acceptors (Lipinski definition) is 4. The van der Waals surface area contributed by atoms with Gasteiger partial charge in [-0.2, -0.15) is 0 Å². The van der Waals surface area contributed by atoms with Crippen LogP contribution < -0.4 is 4.90 Å². The van der Waals surface area contributed by atoms with Gasteiger partial charge in [-0.3, -0.25) is 9.59 Å². The maximum absolute atomic E-state index is 12.3. The predicted molar refractivity (Wildman–Crippen MR) is 72.6 cm³/mol. The summed E-state index contributed by atoms with van der Waals surface area (Å²) >= 11 is 0. The largest absolute Gasteiger partial charge is 0.508 e. The van der Waals surface area contributed by atoms with Crippen LogP contribution in [-0.4, -0.2) is 28.0 Å². The number of aromatic hydroxyl groups is 1. The molecule has 0 bridgehead atoms. The highest BCUT2D eigenvalue weighted by molar-refractivity contribution is 6.34. The number of fused-ring (bicyclic) bond motifs is 1. The van der Waals surface area contributed by atoms with Crippen LogP contribution in [0, 0.1) is 0 Å². The van der Waals surface area contributed by atoms with E-state index in [9.17, 15) is 19.5 Å². The van der Waals surface area contributed by atoms with Crippen molar-refractivity contribution in [1.82, 2.24) is 0 Å². The maximum Gasteiger partial charge on any atom is 0.335 e. The molecule has 0 aliphatic carbocycles. The van der Waals surface area contributed by atoms with Crippen LogP contribution in [-0.2, 0) is 0 Å². The van der Waals surface area contributed by atoms with Crippen molar-refractivity contribution in [3.05, 3.63) is 59.2 Å². The SMILES string of the molecule is O=C(O)c1ccc2c(c1)C(=O)N(c1ccc(O)cc1)C2=O. The number of benzene rings is 2. The summed E-state index contributed by atoms with van der Waals surface area (Å²) in [7, 11) is 0. The lowest BCUT2D eigenvalue weighted by Crippen LogP contribution is -2.29. The van der Waals surface area contributed by atoms with Crippen LogP contribution in [0.3, 0.4) is 0 Å². The molecule has 2 N–H and O–H groups in total. The van der Waals surface area contributed by atoms with Gasteiger partial charge in [-0.25, -0.2) is 9.69 Å². The fraction of sp³-hybridized carbons (Fsp3) is 0. The van der Waals surface area contributed by atoms with Crippen LogP contribution in [0.5, 0.6) is 5.75 Å². The molecule has 0 saturated heterocycles. The number of amides is 2. The Morgan fingerprint density at radius 1 is 0.905 bits per heavy atom. The van der Waals surface area contributed by atoms with E-state index in [1.807, 2.05) is 0 Å². The van der Waals surface area contributed by atoms with Gasteiger partial charge in [0.1, 0.15) is 5.75 Å². The highest BCUT2D eigenvalue weighted by atomic mass is 16.4. The van der Waals surface area contributed by atoms with Gasteiger partial charge in [0.15, 0.2) is 0 Å². The number of carboxylic acid groups (broad SMARTS) is 1. The minimum Gasteiger partial charge on any atom is -0.508 e. The van der Waals surface area contributed by atoms with Crippen LogP contribution >= 0.6 is 0 Å². The number of phenols is 1.